The van der Waals surface area contributed by atoms with Gasteiger partial charge in [0.05, 0.1) is 33.4 Å². The number of hydrogen-bond acceptors (Lipinski definition) is 6. The van der Waals surface area contributed by atoms with Gasteiger partial charge < -0.3 is 15.2 Å². The van der Waals surface area contributed by atoms with Crippen LogP contribution in [-0.4, -0.2) is 24.2 Å². The SMILES string of the molecule is CNc1sc(-c2cc(OC)cc3c([N+](=O)[O-])cc(CF)cc23)c(O)c1-c1cccc(C(F)(F)F)c1. The molecule has 3 aromatic carbocycles. The van der Waals surface area contributed by atoms with Gasteiger partial charge in [0, 0.05) is 18.7 Å². The zero-order valence-electron chi connectivity index (χ0n) is 18.4. The molecule has 0 atom stereocenters. The Labute approximate surface area is 200 Å². The third-order valence-electron chi connectivity index (χ3n) is 5.50. The van der Waals surface area contributed by atoms with Crippen molar-refractivity contribution in [2.45, 2.75) is 12.9 Å². The minimum Gasteiger partial charge on any atom is -0.506 e. The minimum absolute atomic E-state index is 0.0682. The Morgan fingerprint density at radius 3 is 2.49 bits per heavy atom. The second kappa shape index (κ2) is 9.06. The van der Waals surface area contributed by atoms with Crippen molar-refractivity contribution in [3.8, 4) is 33.1 Å². The van der Waals surface area contributed by atoms with E-state index >= 15 is 0 Å². The Bertz CT molecular complexity index is 1450. The highest BCUT2D eigenvalue weighted by Crippen LogP contribution is 2.53. The number of ether oxygens (including phenoxy) is 1. The lowest BCUT2D eigenvalue weighted by atomic mass is 9.97. The fraction of sp³-hybridized carbons (Fsp3) is 0.167. The van der Waals surface area contributed by atoms with Crippen LogP contribution in [0.25, 0.3) is 32.3 Å². The molecular formula is C24H18F4N2O4S. The lowest BCUT2D eigenvalue weighted by molar-refractivity contribution is -0.383. The van der Waals surface area contributed by atoms with Gasteiger partial charge in [0.25, 0.3) is 5.69 Å². The summed E-state index contributed by atoms with van der Waals surface area (Å²) in [6.45, 7) is -0.948. The first-order valence-electron chi connectivity index (χ1n) is 10.2. The Balaban J connectivity index is 2.04. The number of alkyl halides is 4. The summed E-state index contributed by atoms with van der Waals surface area (Å²) < 4.78 is 58.7. The van der Waals surface area contributed by atoms with Crippen LogP contribution in [0.4, 0.5) is 28.3 Å². The predicted molar refractivity (Wildman–Crippen MR) is 127 cm³/mol. The van der Waals surface area contributed by atoms with Crippen molar-refractivity contribution >= 4 is 32.8 Å². The van der Waals surface area contributed by atoms with Crippen LogP contribution in [0.5, 0.6) is 11.5 Å². The number of fused-ring (bicyclic) bond motifs is 1. The third-order valence-corrected chi connectivity index (χ3v) is 6.73. The van der Waals surface area contributed by atoms with Crippen molar-refractivity contribution in [2.75, 3.05) is 19.5 Å². The smallest absolute Gasteiger partial charge is 0.416 e. The highest BCUT2D eigenvalue weighted by molar-refractivity contribution is 7.20. The number of nitro groups is 1. The number of aromatic hydroxyl groups is 1. The van der Waals surface area contributed by atoms with Gasteiger partial charge in [-0.05, 0) is 46.8 Å². The van der Waals surface area contributed by atoms with Crippen molar-refractivity contribution in [3.05, 3.63) is 69.8 Å². The van der Waals surface area contributed by atoms with Gasteiger partial charge in [-0.15, -0.1) is 11.3 Å². The van der Waals surface area contributed by atoms with Crippen LogP contribution in [0.15, 0.2) is 48.5 Å². The monoisotopic (exact) mass is 506 g/mol. The van der Waals surface area contributed by atoms with Gasteiger partial charge >= 0.3 is 6.18 Å². The van der Waals surface area contributed by atoms with Crippen molar-refractivity contribution in [1.82, 2.24) is 0 Å². The normalized spacial score (nSPS) is 11.6. The number of nitro benzene ring substituents is 1. The highest BCUT2D eigenvalue weighted by atomic mass is 32.1. The van der Waals surface area contributed by atoms with Crippen LogP contribution in [-0.2, 0) is 12.9 Å². The molecule has 35 heavy (non-hydrogen) atoms. The molecule has 0 saturated heterocycles. The average molecular weight is 506 g/mol. The maximum Gasteiger partial charge on any atom is 0.416 e. The van der Waals surface area contributed by atoms with Crippen LogP contribution < -0.4 is 10.1 Å². The number of non-ortho nitro benzene ring substituents is 1. The molecule has 0 aliphatic heterocycles. The van der Waals surface area contributed by atoms with E-state index in [2.05, 4.69) is 5.32 Å². The molecule has 6 nitrogen and oxygen atoms in total. The summed E-state index contributed by atoms with van der Waals surface area (Å²) in [4.78, 5) is 11.3. The molecule has 0 spiro atoms. The van der Waals surface area contributed by atoms with Gasteiger partial charge in [-0.2, -0.15) is 13.2 Å². The molecule has 0 unspecified atom stereocenters. The number of rotatable bonds is 6. The molecule has 0 amide bonds. The van der Waals surface area contributed by atoms with E-state index in [1.807, 2.05) is 0 Å². The molecule has 0 bridgehead atoms. The Hall–Kier alpha value is -3.86. The molecule has 4 rings (SSSR count). The van der Waals surface area contributed by atoms with E-state index in [9.17, 15) is 32.8 Å². The number of benzene rings is 3. The van der Waals surface area contributed by atoms with Gasteiger partial charge in [-0.3, -0.25) is 10.1 Å². The second-order valence-corrected chi connectivity index (χ2v) is 8.61. The topological polar surface area (TPSA) is 84.6 Å². The van der Waals surface area contributed by atoms with E-state index in [-0.39, 0.29) is 44.1 Å². The molecule has 1 heterocycles. The van der Waals surface area contributed by atoms with Crippen LogP contribution in [0.1, 0.15) is 11.1 Å². The number of halogens is 4. The fourth-order valence-corrected chi connectivity index (χ4v) is 5.01. The first-order chi connectivity index (χ1) is 16.6. The number of anilines is 1. The van der Waals surface area contributed by atoms with Crippen LogP contribution in [0.2, 0.25) is 0 Å². The summed E-state index contributed by atoms with van der Waals surface area (Å²) in [7, 11) is 2.93. The van der Waals surface area contributed by atoms with Crippen molar-refractivity contribution in [3.63, 3.8) is 0 Å². The fourth-order valence-electron chi connectivity index (χ4n) is 3.91. The predicted octanol–water partition coefficient (Wildman–Crippen LogP) is 7.39. The second-order valence-electron chi connectivity index (χ2n) is 7.59. The molecule has 1 aromatic heterocycles. The summed E-state index contributed by atoms with van der Waals surface area (Å²) in [5.74, 6) is -0.0652. The summed E-state index contributed by atoms with van der Waals surface area (Å²) >= 11 is 1.05. The van der Waals surface area contributed by atoms with Crippen LogP contribution in [0, 0.1) is 10.1 Å². The van der Waals surface area contributed by atoms with E-state index < -0.39 is 23.3 Å². The van der Waals surface area contributed by atoms with Gasteiger partial charge in [-0.1, -0.05) is 12.1 Å². The van der Waals surface area contributed by atoms with Gasteiger partial charge in [0.15, 0.2) is 0 Å². The number of hydrogen-bond donors (Lipinski definition) is 2. The highest BCUT2D eigenvalue weighted by Gasteiger charge is 2.31. The molecule has 0 fully saturated rings. The molecule has 0 aliphatic rings. The zero-order chi connectivity index (χ0) is 25.5. The molecule has 0 radical (unpaired) electrons. The summed E-state index contributed by atoms with van der Waals surface area (Å²) in [5.41, 5.74) is -0.552. The first-order valence-corrected chi connectivity index (χ1v) is 11.0. The number of thiophene rings is 1. The lowest BCUT2D eigenvalue weighted by Crippen LogP contribution is -2.04. The van der Waals surface area contributed by atoms with E-state index in [0.29, 0.717) is 16.0 Å². The molecule has 2 N–H and O–H groups in total. The zero-order valence-corrected chi connectivity index (χ0v) is 19.2. The number of nitrogens with zero attached hydrogens (tertiary/aromatic N) is 1. The maximum absolute atomic E-state index is 13.5. The van der Waals surface area contributed by atoms with Crippen molar-refractivity contribution in [1.29, 1.82) is 0 Å². The quantitative estimate of drug-likeness (QED) is 0.162. The number of nitrogens with one attached hydrogen (secondary N) is 1. The van der Waals surface area contributed by atoms with Gasteiger partial charge in [0.2, 0.25) is 0 Å². The number of methoxy groups -OCH3 is 1. The summed E-state index contributed by atoms with van der Waals surface area (Å²) in [5, 5.41) is 26.6. The molecule has 182 valence electrons. The molecular weight excluding hydrogens is 488 g/mol. The molecule has 0 aliphatic carbocycles. The Kier molecular flexibility index (Phi) is 6.28. The third kappa shape index (κ3) is 4.34. The molecule has 0 saturated carbocycles. The standard InChI is InChI=1S/C24H18F4N2O4S/c1-29-23-20(13-4-3-5-14(8-13)24(26,27)28)21(31)22(35-23)18-10-15(34-2)9-17-16(18)6-12(11-25)7-19(17)30(32)33/h3-10,29,31H,11H2,1-2H3. The Morgan fingerprint density at radius 1 is 1.14 bits per heavy atom. The first kappa shape index (κ1) is 24.3. The van der Waals surface area contributed by atoms with Crippen LogP contribution in [0.3, 0.4) is 0 Å². The molecule has 4 aromatic rings. The maximum atomic E-state index is 13.5. The van der Waals surface area contributed by atoms with E-state index in [1.165, 1.54) is 37.4 Å². The molecule has 11 heteroatoms. The van der Waals surface area contributed by atoms with Gasteiger partial charge in [-0.25, -0.2) is 4.39 Å². The van der Waals surface area contributed by atoms with E-state index in [0.717, 1.165) is 29.5 Å². The van der Waals surface area contributed by atoms with Gasteiger partial charge in [0.1, 0.15) is 23.2 Å². The van der Waals surface area contributed by atoms with E-state index in [4.69, 9.17) is 4.74 Å². The largest absolute Gasteiger partial charge is 0.506 e. The summed E-state index contributed by atoms with van der Waals surface area (Å²) in [6.07, 6.45) is -4.57. The van der Waals surface area contributed by atoms with Crippen LogP contribution >= 0.6 is 11.3 Å². The van der Waals surface area contributed by atoms with E-state index in [1.54, 1.807) is 7.05 Å². The Morgan fingerprint density at radius 2 is 1.89 bits per heavy atom. The minimum atomic E-state index is -4.57. The summed E-state index contributed by atoms with van der Waals surface area (Å²) in [6, 6.07) is 10.1. The van der Waals surface area contributed by atoms with Crippen molar-refractivity contribution in [2.24, 2.45) is 0 Å². The van der Waals surface area contributed by atoms with Crippen molar-refractivity contribution < 1.29 is 32.3 Å². The average Bonchev–Trinajstić information content (AvgIpc) is 3.17. The lowest BCUT2D eigenvalue weighted by Gasteiger charge is -2.11.